The number of nitrogens with one attached hydrogen (secondary N) is 1. The van der Waals surface area contributed by atoms with Crippen molar-refractivity contribution < 1.29 is 0 Å². The van der Waals surface area contributed by atoms with Crippen molar-refractivity contribution in [3.63, 3.8) is 0 Å². The molecule has 0 bridgehead atoms. The number of aryl methyl sites for hydroxylation is 1. The molecule has 3 nitrogen and oxygen atoms in total. The Hall–Kier alpha value is -2.26. The van der Waals surface area contributed by atoms with E-state index >= 15 is 0 Å². The van der Waals surface area contributed by atoms with Crippen LogP contribution in [0.5, 0.6) is 0 Å². The van der Waals surface area contributed by atoms with Crippen LogP contribution in [-0.2, 0) is 0 Å². The van der Waals surface area contributed by atoms with Gasteiger partial charge in [0.15, 0.2) is 0 Å². The Labute approximate surface area is 89.3 Å². The van der Waals surface area contributed by atoms with Gasteiger partial charge in [0.2, 0.25) is 0 Å². The molecule has 0 saturated carbocycles. The van der Waals surface area contributed by atoms with Crippen molar-refractivity contribution in [3.8, 4) is 12.1 Å². The molecule has 3 heteroatoms. The fourth-order valence-electron chi connectivity index (χ4n) is 1.03. The molecule has 0 aliphatic carbocycles. The number of anilines is 1. The summed E-state index contributed by atoms with van der Waals surface area (Å²) >= 11 is 0. The van der Waals surface area contributed by atoms with Crippen LogP contribution in [0.4, 0.5) is 5.69 Å². The average Bonchev–Trinajstić information content (AvgIpc) is 2.26. The van der Waals surface area contributed by atoms with E-state index in [0.717, 1.165) is 5.69 Å². The second-order valence-electron chi connectivity index (χ2n) is 3.13. The molecule has 0 aliphatic heterocycles. The van der Waals surface area contributed by atoms with Crippen LogP contribution in [0, 0.1) is 29.6 Å². The van der Waals surface area contributed by atoms with Gasteiger partial charge in [-0.05, 0) is 19.1 Å². The summed E-state index contributed by atoms with van der Waals surface area (Å²) in [5, 5.41) is 20.1. The molecule has 74 valence electrons. The van der Waals surface area contributed by atoms with Crippen LogP contribution in [0.25, 0.3) is 0 Å². The molecule has 0 atom stereocenters. The topological polar surface area (TPSA) is 59.6 Å². The zero-order valence-corrected chi connectivity index (χ0v) is 8.49. The predicted molar refractivity (Wildman–Crippen MR) is 58.7 cm³/mol. The summed E-state index contributed by atoms with van der Waals surface area (Å²) in [5.74, 6) is 0. The van der Waals surface area contributed by atoms with Crippen LogP contribution >= 0.6 is 0 Å². The first kappa shape index (κ1) is 10.8. The van der Waals surface area contributed by atoms with Gasteiger partial charge in [0, 0.05) is 11.9 Å². The highest BCUT2D eigenvalue weighted by atomic mass is 14.8. The lowest BCUT2D eigenvalue weighted by atomic mass is 10.2. The van der Waals surface area contributed by atoms with Crippen LogP contribution in [0.1, 0.15) is 12.0 Å². The standard InChI is InChI=1S/C12H11N3/c1-10-2-4-12(5-3-10)15-9-11(8-14)6-7-13/h2-5,9,15H,6H2,1H3/b11-9-. The molecule has 0 saturated heterocycles. The Morgan fingerprint density at radius 3 is 2.53 bits per heavy atom. The second-order valence-corrected chi connectivity index (χ2v) is 3.13. The highest BCUT2D eigenvalue weighted by Crippen LogP contribution is 2.09. The summed E-state index contributed by atoms with van der Waals surface area (Å²) in [4.78, 5) is 0. The molecule has 0 aromatic heterocycles. The summed E-state index contributed by atoms with van der Waals surface area (Å²) in [6, 6.07) is 11.7. The number of hydrogen-bond donors (Lipinski definition) is 1. The molecule has 0 radical (unpaired) electrons. The monoisotopic (exact) mass is 197 g/mol. The molecule has 1 N–H and O–H groups in total. The van der Waals surface area contributed by atoms with E-state index in [2.05, 4.69) is 5.32 Å². The summed E-state index contributed by atoms with van der Waals surface area (Å²) in [6.45, 7) is 2.01. The zero-order chi connectivity index (χ0) is 11.1. The van der Waals surface area contributed by atoms with E-state index in [1.54, 1.807) is 6.20 Å². The molecule has 0 heterocycles. The number of nitriles is 2. The normalized spacial score (nSPS) is 10.2. The third-order valence-corrected chi connectivity index (χ3v) is 1.88. The van der Waals surface area contributed by atoms with Crippen molar-refractivity contribution in [3.05, 3.63) is 41.6 Å². The first-order chi connectivity index (χ1) is 7.26. The summed E-state index contributed by atoms with van der Waals surface area (Å²) in [6.07, 6.45) is 1.70. The Morgan fingerprint density at radius 2 is 2.00 bits per heavy atom. The summed E-state index contributed by atoms with van der Waals surface area (Å²) < 4.78 is 0. The van der Waals surface area contributed by atoms with Gasteiger partial charge in [0.1, 0.15) is 0 Å². The SMILES string of the molecule is Cc1ccc(N/C=C(\C#N)CC#N)cc1. The summed E-state index contributed by atoms with van der Waals surface area (Å²) in [5.41, 5.74) is 2.52. The van der Waals surface area contributed by atoms with Gasteiger partial charge in [-0.15, -0.1) is 0 Å². The van der Waals surface area contributed by atoms with Crippen LogP contribution in [0.3, 0.4) is 0 Å². The number of rotatable bonds is 3. The maximum Gasteiger partial charge on any atom is 0.0973 e. The minimum absolute atomic E-state index is 0.134. The van der Waals surface area contributed by atoms with Crippen LogP contribution in [0.15, 0.2) is 36.0 Å². The predicted octanol–water partition coefficient (Wildman–Crippen LogP) is 2.73. The quantitative estimate of drug-likeness (QED) is 0.758. The molecule has 0 unspecified atom stereocenters. The molecule has 1 aromatic rings. The second kappa shape index (κ2) is 5.47. The zero-order valence-electron chi connectivity index (χ0n) is 8.49. The minimum Gasteiger partial charge on any atom is -0.361 e. The van der Waals surface area contributed by atoms with Crippen molar-refractivity contribution in [2.75, 3.05) is 5.32 Å². The van der Waals surface area contributed by atoms with Crippen molar-refractivity contribution >= 4 is 5.69 Å². The van der Waals surface area contributed by atoms with Gasteiger partial charge >= 0.3 is 0 Å². The Bertz CT molecular complexity index is 429. The Balaban J connectivity index is 2.68. The lowest BCUT2D eigenvalue weighted by Crippen LogP contribution is -1.90. The van der Waals surface area contributed by atoms with E-state index in [9.17, 15) is 0 Å². The molecule has 0 spiro atoms. The van der Waals surface area contributed by atoms with Crippen LogP contribution < -0.4 is 5.32 Å². The average molecular weight is 197 g/mol. The van der Waals surface area contributed by atoms with Gasteiger partial charge in [0.25, 0.3) is 0 Å². The fraction of sp³-hybridized carbons (Fsp3) is 0.167. The molecular weight excluding hydrogens is 186 g/mol. The number of benzene rings is 1. The highest BCUT2D eigenvalue weighted by Gasteiger charge is 1.93. The van der Waals surface area contributed by atoms with Crippen LogP contribution in [-0.4, -0.2) is 0 Å². The van der Waals surface area contributed by atoms with Gasteiger partial charge in [-0.2, -0.15) is 10.5 Å². The molecule has 1 rings (SSSR count). The van der Waals surface area contributed by atoms with E-state index in [1.165, 1.54) is 5.56 Å². The Kier molecular flexibility index (Phi) is 3.94. The first-order valence-corrected chi connectivity index (χ1v) is 4.55. The first-order valence-electron chi connectivity index (χ1n) is 4.55. The van der Waals surface area contributed by atoms with Gasteiger partial charge in [-0.3, -0.25) is 0 Å². The van der Waals surface area contributed by atoms with Crippen LogP contribution in [0.2, 0.25) is 0 Å². The number of hydrogen-bond acceptors (Lipinski definition) is 3. The number of nitrogens with zero attached hydrogens (tertiary/aromatic N) is 2. The van der Waals surface area contributed by atoms with E-state index in [0.29, 0.717) is 5.57 Å². The van der Waals surface area contributed by atoms with Crippen molar-refractivity contribution in [1.29, 1.82) is 10.5 Å². The van der Waals surface area contributed by atoms with E-state index < -0.39 is 0 Å². The largest absolute Gasteiger partial charge is 0.361 e. The lowest BCUT2D eigenvalue weighted by Gasteiger charge is -2.01. The lowest BCUT2D eigenvalue weighted by molar-refractivity contribution is 1.26. The van der Waals surface area contributed by atoms with Crippen molar-refractivity contribution in [2.45, 2.75) is 13.3 Å². The van der Waals surface area contributed by atoms with Gasteiger partial charge < -0.3 is 5.32 Å². The van der Waals surface area contributed by atoms with E-state index in [4.69, 9.17) is 10.5 Å². The fourth-order valence-corrected chi connectivity index (χ4v) is 1.03. The van der Waals surface area contributed by atoms with Gasteiger partial charge in [-0.1, -0.05) is 17.7 Å². The van der Waals surface area contributed by atoms with Gasteiger partial charge in [-0.25, -0.2) is 0 Å². The molecular formula is C12H11N3. The molecule has 0 fully saturated rings. The molecule has 0 aliphatic rings. The highest BCUT2D eigenvalue weighted by molar-refractivity contribution is 5.48. The third kappa shape index (κ3) is 3.54. The van der Waals surface area contributed by atoms with Crippen molar-refractivity contribution in [2.24, 2.45) is 0 Å². The van der Waals surface area contributed by atoms with E-state index in [-0.39, 0.29) is 6.42 Å². The smallest absolute Gasteiger partial charge is 0.0973 e. The molecule has 15 heavy (non-hydrogen) atoms. The maximum absolute atomic E-state index is 8.67. The minimum atomic E-state index is 0.134. The maximum atomic E-state index is 8.67. The molecule has 0 amide bonds. The number of allylic oxidation sites excluding steroid dienone is 1. The Morgan fingerprint density at radius 1 is 1.33 bits per heavy atom. The summed E-state index contributed by atoms with van der Waals surface area (Å²) in [7, 11) is 0. The van der Waals surface area contributed by atoms with Gasteiger partial charge in [0.05, 0.1) is 24.1 Å². The molecule has 1 aromatic carbocycles. The van der Waals surface area contributed by atoms with Crippen molar-refractivity contribution in [1.82, 2.24) is 0 Å². The third-order valence-electron chi connectivity index (χ3n) is 1.88. The van der Waals surface area contributed by atoms with E-state index in [1.807, 2.05) is 43.3 Å².